The van der Waals surface area contributed by atoms with Crippen LogP contribution in [0.4, 0.5) is 4.39 Å². The van der Waals surface area contributed by atoms with Gasteiger partial charge in [0.1, 0.15) is 11.6 Å². The van der Waals surface area contributed by atoms with Gasteiger partial charge in [0, 0.05) is 18.7 Å². The Hall–Kier alpha value is -1.58. The molecule has 0 heterocycles. The average molecular weight is 294 g/mol. The number of rotatable bonds is 5. The van der Waals surface area contributed by atoms with Gasteiger partial charge in [-0.1, -0.05) is 35.4 Å². The number of methoxy groups -OCH3 is 1. The zero-order chi connectivity index (χ0) is 14.5. The molecule has 0 atom stereocenters. The third-order valence-corrected chi connectivity index (χ3v) is 3.35. The highest BCUT2D eigenvalue weighted by Crippen LogP contribution is 2.20. The number of hydrogen-bond donors (Lipinski definition) is 1. The normalized spacial score (nSPS) is 10.6. The van der Waals surface area contributed by atoms with Crippen LogP contribution < -0.4 is 10.1 Å². The van der Waals surface area contributed by atoms with E-state index in [2.05, 4.69) is 11.4 Å². The number of nitrogens with one attached hydrogen (secondary N) is 1. The van der Waals surface area contributed by atoms with Crippen LogP contribution in [0.3, 0.4) is 0 Å². The Kier molecular flexibility index (Phi) is 4.99. The predicted octanol–water partition coefficient (Wildman–Crippen LogP) is 4.09. The van der Waals surface area contributed by atoms with Crippen LogP contribution in [0.25, 0.3) is 0 Å². The molecule has 20 heavy (non-hydrogen) atoms. The summed E-state index contributed by atoms with van der Waals surface area (Å²) in [5.41, 5.74) is 3.23. The fourth-order valence-electron chi connectivity index (χ4n) is 2.04. The molecule has 0 aromatic heterocycles. The Morgan fingerprint density at radius 1 is 1.15 bits per heavy atom. The van der Waals surface area contributed by atoms with E-state index in [1.807, 2.05) is 19.1 Å². The zero-order valence-electron chi connectivity index (χ0n) is 11.5. The maximum Gasteiger partial charge on any atom is 0.141 e. The maximum atomic E-state index is 13.1. The fraction of sp³-hybridized carbons (Fsp3) is 0.250. The van der Waals surface area contributed by atoms with Gasteiger partial charge < -0.3 is 10.1 Å². The van der Waals surface area contributed by atoms with Crippen molar-refractivity contribution in [2.45, 2.75) is 20.0 Å². The summed E-state index contributed by atoms with van der Waals surface area (Å²) in [6.07, 6.45) is 0. The van der Waals surface area contributed by atoms with Crippen molar-refractivity contribution in [2.75, 3.05) is 7.11 Å². The molecule has 2 aromatic carbocycles. The van der Waals surface area contributed by atoms with Crippen LogP contribution in [0.15, 0.2) is 36.4 Å². The minimum absolute atomic E-state index is 0.150. The fourth-order valence-corrected chi connectivity index (χ4v) is 2.24. The first kappa shape index (κ1) is 14.8. The average Bonchev–Trinajstić information content (AvgIpc) is 2.43. The molecule has 0 saturated heterocycles. The summed E-state index contributed by atoms with van der Waals surface area (Å²) in [5.74, 6) is 0.469. The summed E-state index contributed by atoms with van der Waals surface area (Å²) >= 11 is 5.76. The van der Waals surface area contributed by atoms with E-state index in [-0.39, 0.29) is 5.02 Å². The number of ether oxygens (including phenoxy) is 1. The largest absolute Gasteiger partial charge is 0.496 e. The summed E-state index contributed by atoms with van der Waals surface area (Å²) in [6.45, 7) is 3.35. The van der Waals surface area contributed by atoms with Crippen LogP contribution in [-0.4, -0.2) is 7.11 Å². The molecular formula is C16H17ClFNO. The summed E-state index contributed by atoms with van der Waals surface area (Å²) in [4.78, 5) is 0. The lowest BCUT2D eigenvalue weighted by Gasteiger charge is -2.11. The van der Waals surface area contributed by atoms with Crippen LogP contribution in [0.2, 0.25) is 5.02 Å². The van der Waals surface area contributed by atoms with Crippen LogP contribution in [0.5, 0.6) is 5.75 Å². The standard InChI is InChI=1S/C16H17ClFNO/c1-11-3-6-16(20-2)13(7-11)10-19-9-12-4-5-15(18)14(17)8-12/h3-8,19H,9-10H2,1-2H3. The van der Waals surface area contributed by atoms with Gasteiger partial charge >= 0.3 is 0 Å². The topological polar surface area (TPSA) is 21.3 Å². The SMILES string of the molecule is COc1ccc(C)cc1CNCc1ccc(F)c(Cl)c1. The molecule has 0 unspecified atom stereocenters. The van der Waals surface area contributed by atoms with Crippen LogP contribution >= 0.6 is 11.6 Å². The third-order valence-electron chi connectivity index (χ3n) is 3.06. The molecule has 0 fully saturated rings. The molecule has 0 aliphatic heterocycles. The minimum atomic E-state index is -0.393. The van der Waals surface area contributed by atoms with Gasteiger partial charge in [-0.25, -0.2) is 4.39 Å². The van der Waals surface area contributed by atoms with Crippen LogP contribution in [-0.2, 0) is 13.1 Å². The van der Waals surface area contributed by atoms with Gasteiger partial charge in [0.15, 0.2) is 0 Å². The van der Waals surface area contributed by atoms with Gasteiger partial charge in [-0.05, 0) is 30.7 Å². The van der Waals surface area contributed by atoms with Crippen molar-refractivity contribution in [2.24, 2.45) is 0 Å². The first-order valence-electron chi connectivity index (χ1n) is 6.38. The zero-order valence-corrected chi connectivity index (χ0v) is 12.3. The number of aryl methyl sites for hydroxylation is 1. The molecule has 0 radical (unpaired) electrons. The molecule has 0 spiro atoms. The quantitative estimate of drug-likeness (QED) is 0.896. The minimum Gasteiger partial charge on any atom is -0.496 e. The predicted molar refractivity (Wildman–Crippen MR) is 79.7 cm³/mol. The van der Waals surface area contributed by atoms with Crippen molar-refractivity contribution in [3.8, 4) is 5.75 Å². The van der Waals surface area contributed by atoms with Gasteiger partial charge in [0.25, 0.3) is 0 Å². The van der Waals surface area contributed by atoms with Gasteiger partial charge in [-0.3, -0.25) is 0 Å². The highest BCUT2D eigenvalue weighted by atomic mass is 35.5. The smallest absolute Gasteiger partial charge is 0.141 e. The van der Waals surface area contributed by atoms with E-state index in [4.69, 9.17) is 16.3 Å². The van der Waals surface area contributed by atoms with E-state index in [1.54, 1.807) is 19.2 Å². The molecule has 1 N–H and O–H groups in total. The van der Waals surface area contributed by atoms with E-state index in [1.165, 1.54) is 11.6 Å². The number of benzene rings is 2. The summed E-state index contributed by atoms with van der Waals surface area (Å²) in [5, 5.41) is 3.46. The Balaban J connectivity index is 1.99. The lowest BCUT2D eigenvalue weighted by molar-refractivity contribution is 0.407. The van der Waals surface area contributed by atoms with Crippen molar-refractivity contribution in [1.82, 2.24) is 5.32 Å². The van der Waals surface area contributed by atoms with Crippen LogP contribution in [0, 0.1) is 12.7 Å². The molecule has 0 amide bonds. The Morgan fingerprint density at radius 2 is 1.95 bits per heavy atom. The Bertz CT molecular complexity index is 601. The van der Waals surface area contributed by atoms with Crippen LogP contribution in [0.1, 0.15) is 16.7 Å². The number of halogens is 2. The second-order valence-corrected chi connectivity index (χ2v) is 5.07. The van der Waals surface area contributed by atoms with Crippen molar-refractivity contribution in [3.05, 3.63) is 63.9 Å². The van der Waals surface area contributed by atoms with Gasteiger partial charge in [0.2, 0.25) is 0 Å². The first-order valence-corrected chi connectivity index (χ1v) is 6.76. The molecule has 106 valence electrons. The van der Waals surface area contributed by atoms with E-state index in [0.29, 0.717) is 13.1 Å². The Labute approximate surface area is 123 Å². The van der Waals surface area contributed by atoms with E-state index in [0.717, 1.165) is 16.9 Å². The molecule has 2 nitrogen and oxygen atoms in total. The Morgan fingerprint density at radius 3 is 2.65 bits per heavy atom. The lowest BCUT2D eigenvalue weighted by Crippen LogP contribution is -2.13. The molecule has 0 aliphatic carbocycles. The number of hydrogen-bond acceptors (Lipinski definition) is 2. The van der Waals surface area contributed by atoms with Crippen molar-refractivity contribution in [1.29, 1.82) is 0 Å². The van der Waals surface area contributed by atoms with Gasteiger partial charge in [-0.15, -0.1) is 0 Å². The molecule has 2 rings (SSSR count). The molecular weight excluding hydrogens is 277 g/mol. The van der Waals surface area contributed by atoms with E-state index < -0.39 is 5.82 Å². The molecule has 2 aromatic rings. The maximum absolute atomic E-state index is 13.1. The van der Waals surface area contributed by atoms with Crippen molar-refractivity contribution < 1.29 is 9.13 Å². The highest BCUT2D eigenvalue weighted by molar-refractivity contribution is 6.30. The van der Waals surface area contributed by atoms with E-state index in [9.17, 15) is 4.39 Å². The monoisotopic (exact) mass is 293 g/mol. The molecule has 0 aliphatic rings. The molecule has 0 saturated carbocycles. The molecule has 4 heteroatoms. The van der Waals surface area contributed by atoms with Crippen molar-refractivity contribution >= 4 is 11.6 Å². The van der Waals surface area contributed by atoms with E-state index >= 15 is 0 Å². The lowest BCUT2D eigenvalue weighted by atomic mass is 10.1. The second-order valence-electron chi connectivity index (χ2n) is 4.67. The molecule has 0 bridgehead atoms. The summed E-state index contributed by atoms with van der Waals surface area (Å²) in [7, 11) is 1.66. The second kappa shape index (κ2) is 6.73. The third kappa shape index (κ3) is 3.71. The first-order chi connectivity index (χ1) is 9.60. The van der Waals surface area contributed by atoms with Gasteiger partial charge in [-0.2, -0.15) is 0 Å². The highest BCUT2D eigenvalue weighted by Gasteiger charge is 2.04. The van der Waals surface area contributed by atoms with Crippen molar-refractivity contribution in [3.63, 3.8) is 0 Å². The summed E-state index contributed by atoms with van der Waals surface area (Å²) in [6, 6.07) is 10.8. The van der Waals surface area contributed by atoms with Gasteiger partial charge in [0.05, 0.1) is 12.1 Å². The summed E-state index contributed by atoms with van der Waals surface area (Å²) < 4.78 is 18.4.